The number of carbonyl (C=O) groups is 1. The first-order valence-corrected chi connectivity index (χ1v) is 4.26. The Morgan fingerprint density at radius 3 is 3.31 bits per heavy atom. The number of fused-ring (bicyclic) bond motifs is 1. The normalized spacial score (nSPS) is 21.1. The minimum atomic E-state index is -0.798. The minimum absolute atomic E-state index is 0.0590. The van der Waals surface area contributed by atoms with Gasteiger partial charge in [-0.3, -0.25) is 4.79 Å². The molecule has 1 aromatic rings. The number of carboxylic acid groups (broad SMARTS) is 1. The SMILES string of the molecule is O=C(O)CC1CCCc2nnnn21. The Bertz CT molecular complexity index is 322. The van der Waals surface area contributed by atoms with Crippen LogP contribution in [0.25, 0.3) is 0 Å². The van der Waals surface area contributed by atoms with E-state index < -0.39 is 5.97 Å². The number of nitrogens with zero attached hydrogens (tertiary/aromatic N) is 4. The lowest BCUT2D eigenvalue weighted by Gasteiger charge is -2.20. The third kappa shape index (κ3) is 1.51. The van der Waals surface area contributed by atoms with Crippen LogP contribution in [0.5, 0.6) is 0 Å². The van der Waals surface area contributed by atoms with E-state index >= 15 is 0 Å². The van der Waals surface area contributed by atoms with Crippen molar-refractivity contribution < 1.29 is 9.90 Å². The summed E-state index contributed by atoms with van der Waals surface area (Å²) >= 11 is 0. The molecule has 70 valence electrons. The van der Waals surface area contributed by atoms with E-state index in [1.54, 1.807) is 4.68 Å². The van der Waals surface area contributed by atoms with Crippen LogP contribution >= 0.6 is 0 Å². The van der Waals surface area contributed by atoms with E-state index in [0.29, 0.717) is 0 Å². The van der Waals surface area contributed by atoms with Gasteiger partial charge in [0.2, 0.25) is 0 Å². The molecule has 1 atom stereocenters. The van der Waals surface area contributed by atoms with Gasteiger partial charge in [-0.05, 0) is 23.3 Å². The topological polar surface area (TPSA) is 80.9 Å². The molecule has 1 unspecified atom stereocenters. The van der Waals surface area contributed by atoms with Crippen LogP contribution in [0.3, 0.4) is 0 Å². The van der Waals surface area contributed by atoms with Crippen molar-refractivity contribution in [2.45, 2.75) is 31.7 Å². The number of aliphatic carboxylic acids is 1. The van der Waals surface area contributed by atoms with Crippen molar-refractivity contribution in [1.82, 2.24) is 20.2 Å². The van der Waals surface area contributed by atoms with Gasteiger partial charge in [-0.25, -0.2) is 4.68 Å². The van der Waals surface area contributed by atoms with Crippen molar-refractivity contribution >= 4 is 5.97 Å². The average Bonchev–Trinajstić information content (AvgIpc) is 2.51. The van der Waals surface area contributed by atoms with Gasteiger partial charge in [0, 0.05) is 6.42 Å². The zero-order valence-electron chi connectivity index (χ0n) is 7.05. The Morgan fingerprint density at radius 2 is 2.54 bits per heavy atom. The number of hydrogen-bond acceptors (Lipinski definition) is 4. The summed E-state index contributed by atoms with van der Waals surface area (Å²) in [5.74, 6) is 0.00542. The molecule has 0 saturated carbocycles. The first kappa shape index (κ1) is 8.15. The van der Waals surface area contributed by atoms with Crippen LogP contribution in [0.1, 0.15) is 31.1 Å². The summed E-state index contributed by atoms with van der Waals surface area (Å²) in [4.78, 5) is 10.5. The third-order valence-electron chi connectivity index (χ3n) is 2.25. The standard InChI is InChI=1S/C7H10N4O2/c12-7(13)4-5-2-1-3-6-8-9-10-11(5)6/h5H,1-4H2,(H,12,13). The maximum atomic E-state index is 10.5. The quantitative estimate of drug-likeness (QED) is 0.697. The lowest BCUT2D eigenvalue weighted by Crippen LogP contribution is -2.21. The van der Waals surface area contributed by atoms with Crippen LogP contribution in [-0.2, 0) is 11.2 Å². The van der Waals surface area contributed by atoms with Gasteiger partial charge in [0.1, 0.15) is 0 Å². The molecular formula is C7H10N4O2. The first-order chi connectivity index (χ1) is 6.27. The minimum Gasteiger partial charge on any atom is -0.481 e. The van der Waals surface area contributed by atoms with Crippen LogP contribution in [0.2, 0.25) is 0 Å². The largest absolute Gasteiger partial charge is 0.481 e. The van der Waals surface area contributed by atoms with Gasteiger partial charge in [-0.2, -0.15) is 0 Å². The van der Waals surface area contributed by atoms with Gasteiger partial charge in [-0.15, -0.1) is 5.10 Å². The van der Waals surface area contributed by atoms with Crippen molar-refractivity contribution in [3.05, 3.63) is 5.82 Å². The van der Waals surface area contributed by atoms with E-state index in [9.17, 15) is 4.79 Å². The third-order valence-corrected chi connectivity index (χ3v) is 2.25. The summed E-state index contributed by atoms with van der Waals surface area (Å²) in [6.45, 7) is 0. The number of aryl methyl sites for hydroxylation is 1. The molecule has 6 heteroatoms. The molecule has 0 amide bonds. The van der Waals surface area contributed by atoms with E-state index in [1.165, 1.54) is 0 Å². The van der Waals surface area contributed by atoms with Crippen molar-refractivity contribution in [3.8, 4) is 0 Å². The lowest BCUT2D eigenvalue weighted by atomic mass is 10.0. The Labute approximate surface area is 74.6 Å². The predicted molar refractivity (Wildman–Crippen MR) is 42.0 cm³/mol. The molecule has 1 aliphatic heterocycles. The summed E-state index contributed by atoms with van der Waals surface area (Å²) in [6.07, 6.45) is 2.78. The van der Waals surface area contributed by atoms with E-state index in [2.05, 4.69) is 15.5 Å². The molecule has 0 saturated heterocycles. The summed E-state index contributed by atoms with van der Waals surface area (Å²) < 4.78 is 1.64. The molecule has 2 heterocycles. The molecule has 1 aromatic heterocycles. The highest BCUT2D eigenvalue weighted by Crippen LogP contribution is 2.24. The van der Waals surface area contributed by atoms with Crippen LogP contribution in [0.15, 0.2) is 0 Å². The maximum absolute atomic E-state index is 10.5. The van der Waals surface area contributed by atoms with Crippen molar-refractivity contribution in [2.24, 2.45) is 0 Å². The molecule has 6 nitrogen and oxygen atoms in total. The Morgan fingerprint density at radius 1 is 1.69 bits per heavy atom. The van der Waals surface area contributed by atoms with Crippen LogP contribution in [0, 0.1) is 0 Å². The molecule has 1 aliphatic rings. The van der Waals surface area contributed by atoms with Crippen molar-refractivity contribution in [1.29, 1.82) is 0 Å². The van der Waals surface area contributed by atoms with Crippen molar-refractivity contribution in [3.63, 3.8) is 0 Å². The van der Waals surface area contributed by atoms with Gasteiger partial charge in [-0.1, -0.05) is 0 Å². The second-order valence-corrected chi connectivity index (χ2v) is 3.18. The van der Waals surface area contributed by atoms with E-state index in [0.717, 1.165) is 25.1 Å². The number of rotatable bonds is 2. The molecule has 0 spiro atoms. The van der Waals surface area contributed by atoms with Gasteiger partial charge in [0.15, 0.2) is 5.82 Å². The maximum Gasteiger partial charge on any atom is 0.305 e. The zero-order valence-corrected chi connectivity index (χ0v) is 7.05. The van der Waals surface area contributed by atoms with Gasteiger partial charge < -0.3 is 5.11 Å². The molecule has 2 rings (SSSR count). The molecule has 0 bridgehead atoms. The molecule has 1 N–H and O–H groups in total. The Hall–Kier alpha value is -1.46. The highest BCUT2D eigenvalue weighted by atomic mass is 16.4. The molecule has 0 fully saturated rings. The number of tetrazole rings is 1. The second kappa shape index (κ2) is 3.12. The smallest absolute Gasteiger partial charge is 0.305 e. The van der Waals surface area contributed by atoms with Crippen LogP contribution < -0.4 is 0 Å². The summed E-state index contributed by atoms with van der Waals surface area (Å²) in [5, 5.41) is 19.8. The van der Waals surface area contributed by atoms with Crippen LogP contribution in [0.4, 0.5) is 0 Å². The number of hydrogen-bond donors (Lipinski definition) is 1. The van der Waals surface area contributed by atoms with E-state index in [1.807, 2.05) is 0 Å². The van der Waals surface area contributed by atoms with Gasteiger partial charge >= 0.3 is 5.97 Å². The molecule has 0 aliphatic carbocycles. The van der Waals surface area contributed by atoms with Gasteiger partial charge in [0.25, 0.3) is 0 Å². The van der Waals surface area contributed by atoms with E-state index in [-0.39, 0.29) is 12.5 Å². The fourth-order valence-electron chi connectivity index (χ4n) is 1.67. The predicted octanol–water partition coefficient (Wildman–Crippen LogP) is 0.0252. The lowest BCUT2D eigenvalue weighted by molar-refractivity contribution is -0.138. The average molecular weight is 182 g/mol. The van der Waals surface area contributed by atoms with Crippen LogP contribution in [-0.4, -0.2) is 31.3 Å². The second-order valence-electron chi connectivity index (χ2n) is 3.18. The fraction of sp³-hybridized carbons (Fsp3) is 0.714. The molecule has 13 heavy (non-hydrogen) atoms. The van der Waals surface area contributed by atoms with E-state index in [4.69, 9.17) is 5.11 Å². The van der Waals surface area contributed by atoms with Crippen molar-refractivity contribution in [2.75, 3.05) is 0 Å². The first-order valence-electron chi connectivity index (χ1n) is 4.26. The summed E-state index contributed by atoms with van der Waals surface area (Å²) in [5.41, 5.74) is 0. The Kier molecular flexibility index (Phi) is 1.96. The highest BCUT2D eigenvalue weighted by molar-refractivity contribution is 5.67. The Balaban J connectivity index is 2.20. The number of aromatic nitrogens is 4. The fourth-order valence-corrected chi connectivity index (χ4v) is 1.67. The van der Waals surface area contributed by atoms with Gasteiger partial charge in [0.05, 0.1) is 12.5 Å². The summed E-state index contributed by atoms with van der Waals surface area (Å²) in [6, 6.07) is -0.0590. The monoisotopic (exact) mass is 182 g/mol. The molecular weight excluding hydrogens is 172 g/mol. The summed E-state index contributed by atoms with van der Waals surface area (Å²) in [7, 11) is 0. The highest BCUT2D eigenvalue weighted by Gasteiger charge is 2.23. The molecule has 0 radical (unpaired) electrons. The zero-order chi connectivity index (χ0) is 9.26. The number of carboxylic acids is 1. The molecule has 0 aromatic carbocycles.